The molecule has 0 aliphatic carbocycles. The predicted molar refractivity (Wildman–Crippen MR) is 216 cm³/mol. The number of nitrogens with zero attached hydrogens (tertiary/aromatic N) is 4. The first-order chi connectivity index (χ1) is 27.4. The third kappa shape index (κ3) is 8.07. The molecular formula is C43H50N8O6. The number of carbonyl (C=O) groups is 4. The van der Waals surface area contributed by atoms with Crippen molar-refractivity contribution in [3.8, 4) is 33.5 Å². The molecule has 4 heterocycles. The average molecular weight is 775 g/mol. The molecule has 3 aromatic carbocycles. The van der Waals surface area contributed by atoms with E-state index in [1.807, 2.05) is 38.7 Å². The summed E-state index contributed by atoms with van der Waals surface area (Å²) in [5.41, 5.74) is 7.82. The number of ether oxygens (including phenoxy) is 2. The Hall–Kier alpha value is -6.18. The lowest BCUT2D eigenvalue weighted by Crippen LogP contribution is -2.56. The molecule has 14 nitrogen and oxygen atoms in total. The number of aromatic nitrogens is 4. The lowest BCUT2D eigenvalue weighted by molar-refractivity contribution is -0.142. The Kier molecular flexibility index (Phi) is 11.3. The smallest absolute Gasteiger partial charge is 0.407 e. The minimum Gasteiger partial charge on any atom is -0.453 e. The number of rotatable bonds is 11. The van der Waals surface area contributed by atoms with Gasteiger partial charge >= 0.3 is 12.2 Å². The summed E-state index contributed by atoms with van der Waals surface area (Å²) in [4.78, 5) is 70.7. The third-order valence-corrected chi connectivity index (χ3v) is 11.1. The zero-order valence-corrected chi connectivity index (χ0v) is 33.2. The summed E-state index contributed by atoms with van der Waals surface area (Å²) in [5.74, 6) is 0.968. The van der Waals surface area contributed by atoms with E-state index >= 15 is 0 Å². The van der Waals surface area contributed by atoms with Gasteiger partial charge in [0.2, 0.25) is 11.8 Å². The fraction of sp³-hybridized carbons (Fsp3) is 0.395. The summed E-state index contributed by atoms with van der Waals surface area (Å²) in [6.45, 7) is 8.79. The summed E-state index contributed by atoms with van der Waals surface area (Å²) in [6, 6.07) is 21.1. The molecule has 7 rings (SSSR count). The highest BCUT2D eigenvalue weighted by Gasteiger charge is 2.40. The molecule has 4 N–H and O–H groups in total. The number of imidazole rings is 2. The molecule has 2 aliphatic heterocycles. The van der Waals surface area contributed by atoms with Gasteiger partial charge in [-0.2, -0.15) is 0 Å². The number of aromatic amines is 2. The van der Waals surface area contributed by atoms with Gasteiger partial charge in [0, 0.05) is 13.1 Å². The third-order valence-electron chi connectivity index (χ3n) is 11.1. The standard InChI is InChI=1S/C43H50N8O6/c1-24(2)36(48-42(54)56-5)40(52)50-20-7-8-34(50)38-44-23-33(47-38)29-15-13-27(14-16-29)26-9-11-28(12-10-26)30-17-18-31-32(22-30)46-39(45-31)35-19-21-51(35)41(53)37(25(3)4)49-43(55)57-6/h9-18,22-25,34-37H,7-8,19-21H2,1-6H3,(H,44,47)(H,45,46)(H,48,54)(H,49,55)/t34-,35?,36-,37-/m0/s1. The SMILES string of the molecule is COC(=O)N[C@H](C(=O)N1CCC1c1nc2ccc(-c3ccc(-c4ccc(-c5cnc([C@@H]6CCCN6C(=O)[C@@H](NC(=O)OC)C(C)C)[nH]5)cc4)cc3)cc2[nH]1)C(C)C. The molecule has 2 aromatic heterocycles. The molecule has 57 heavy (non-hydrogen) atoms. The van der Waals surface area contributed by atoms with E-state index in [1.165, 1.54) is 14.2 Å². The molecule has 1 unspecified atom stereocenters. The van der Waals surface area contributed by atoms with Crippen molar-refractivity contribution < 1.29 is 28.7 Å². The van der Waals surface area contributed by atoms with Gasteiger partial charge in [0.25, 0.3) is 0 Å². The van der Waals surface area contributed by atoms with Crippen LogP contribution in [-0.2, 0) is 19.1 Å². The van der Waals surface area contributed by atoms with Gasteiger partial charge in [0.15, 0.2) is 0 Å². The van der Waals surface area contributed by atoms with Crippen LogP contribution in [0, 0.1) is 11.8 Å². The monoisotopic (exact) mass is 774 g/mol. The number of hydrogen-bond acceptors (Lipinski definition) is 8. The van der Waals surface area contributed by atoms with E-state index < -0.39 is 24.3 Å². The highest BCUT2D eigenvalue weighted by Crippen LogP contribution is 2.36. The number of benzene rings is 3. The Morgan fingerprint density at radius 3 is 1.70 bits per heavy atom. The lowest BCUT2D eigenvalue weighted by Gasteiger charge is -2.42. The van der Waals surface area contributed by atoms with E-state index in [0.717, 1.165) is 75.5 Å². The Morgan fingerprint density at radius 2 is 1.18 bits per heavy atom. The number of fused-ring (bicyclic) bond motifs is 1. The van der Waals surface area contributed by atoms with Crippen LogP contribution in [0.3, 0.4) is 0 Å². The molecule has 5 aromatic rings. The molecule has 4 amide bonds. The molecular weight excluding hydrogens is 725 g/mol. The number of H-pyrrole nitrogens is 2. The van der Waals surface area contributed by atoms with Crippen molar-refractivity contribution in [1.82, 2.24) is 40.4 Å². The molecule has 0 radical (unpaired) electrons. The Labute approximate surface area is 331 Å². The minimum atomic E-state index is -0.686. The minimum absolute atomic E-state index is 0.101. The fourth-order valence-electron chi connectivity index (χ4n) is 7.72. The van der Waals surface area contributed by atoms with E-state index in [9.17, 15) is 19.2 Å². The van der Waals surface area contributed by atoms with Crippen LogP contribution in [-0.4, -0.2) is 93.1 Å². The number of methoxy groups -OCH3 is 2. The molecule has 4 atom stereocenters. The van der Waals surface area contributed by atoms with Gasteiger partial charge in [0.1, 0.15) is 23.7 Å². The Morgan fingerprint density at radius 1 is 0.667 bits per heavy atom. The van der Waals surface area contributed by atoms with E-state index in [-0.39, 0.29) is 35.7 Å². The van der Waals surface area contributed by atoms with Crippen LogP contribution >= 0.6 is 0 Å². The Balaban J connectivity index is 1.01. The first-order valence-corrected chi connectivity index (χ1v) is 19.5. The van der Waals surface area contributed by atoms with E-state index in [0.29, 0.717) is 13.1 Å². The number of alkyl carbamates (subject to hydrolysis) is 2. The maximum atomic E-state index is 13.5. The molecule has 0 saturated carbocycles. The molecule has 14 heteroatoms. The Bertz CT molecular complexity index is 2250. The van der Waals surface area contributed by atoms with Crippen molar-refractivity contribution >= 4 is 35.0 Å². The molecule has 0 bridgehead atoms. The highest BCUT2D eigenvalue weighted by molar-refractivity contribution is 5.88. The van der Waals surface area contributed by atoms with Gasteiger partial charge < -0.3 is 39.9 Å². The second-order valence-corrected chi connectivity index (χ2v) is 15.4. The molecule has 0 spiro atoms. The van der Waals surface area contributed by atoms with Crippen molar-refractivity contribution in [2.75, 3.05) is 27.3 Å². The second kappa shape index (κ2) is 16.5. The topological polar surface area (TPSA) is 175 Å². The van der Waals surface area contributed by atoms with Crippen LogP contribution in [0.1, 0.15) is 70.7 Å². The van der Waals surface area contributed by atoms with E-state index in [1.54, 1.807) is 11.1 Å². The number of likely N-dealkylation sites (tertiary alicyclic amines) is 2. The molecule has 2 fully saturated rings. The first kappa shape index (κ1) is 39.1. The maximum absolute atomic E-state index is 13.5. The van der Waals surface area contributed by atoms with Gasteiger partial charge in [-0.15, -0.1) is 0 Å². The van der Waals surface area contributed by atoms with Crippen LogP contribution in [0.5, 0.6) is 0 Å². The van der Waals surface area contributed by atoms with Crippen LogP contribution in [0.4, 0.5) is 9.59 Å². The first-order valence-electron chi connectivity index (χ1n) is 19.5. The summed E-state index contributed by atoms with van der Waals surface area (Å²) in [6.07, 6.45) is 2.98. The van der Waals surface area contributed by atoms with Crippen molar-refractivity contribution in [2.24, 2.45) is 11.8 Å². The van der Waals surface area contributed by atoms with Crippen LogP contribution in [0.25, 0.3) is 44.5 Å². The van der Waals surface area contributed by atoms with Gasteiger partial charge in [-0.1, -0.05) is 82.3 Å². The van der Waals surface area contributed by atoms with Gasteiger partial charge in [-0.3, -0.25) is 9.59 Å². The number of amides is 4. The highest BCUT2D eigenvalue weighted by atomic mass is 16.5. The van der Waals surface area contributed by atoms with Crippen molar-refractivity contribution in [2.45, 2.75) is 71.1 Å². The lowest BCUT2D eigenvalue weighted by atomic mass is 9.96. The van der Waals surface area contributed by atoms with Crippen LogP contribution in [0.2, 0.25) is 0 Å². The maximum Gasteiger partial charge on any atom is 0.407 e. The van der Waals surface area contributed by atoms with Gasteiger partial charge in [-0.05, 0) is 71.0 Å². The van der Waals surface area contributed by atoms with Crippen LogP contribution in [0.15, 0.2) is 72.9 Å². The molecule has 2 aliphatic rings. The second-order valence-electron chi connectivity index (χ2n) is 15.4. The number of nitrogens with one attached hydrogen (secondary N) is 4. The van der Waals surface area contributed by atoms with Crippen LogP contribution < -0.4 is 10.6 Å². The fourth-order valence-corrected chi connectivity index (χ4v) is 7.72. The quantitative estimate of drug-likeness (QED) is 0.111. The largest absolute Gasteiger partial charge is 0.453 e. The van der Waals surface area contributed by atoms with Crippen molar-refractivity contribution in [3.05, 3.63) is 84.6 Å². The summed E-state index contributed by atoms with van der Waals surface area (Å²) in [7, 11) is 2.58. The summed E-state index contributed by atoms with van der Waals surface area (Å²) >= 11 is 0. The molecule has 298 valence electrons. The van der Waals surface area contributed by atoms with Gasteiger partial charge in [0.05, 0.1) is 49.2 Å². The van der Waals surface area contributed by atoms with Gasteiger partial charge in [-0.25, -0.2) is 19.6 Å². The normalized spacial score (nSPS) is 17.7. The van der Waals surface area contributed by atoms with Crippen molar-refractivity contribution in [1.29, 1.82) is 0 Å². The summed E-state index contributed by atoms with van der Waals surface area (Å²) < 4.78 is 9.50. The zero-order chi connectivity index (χ0) is 40.4. The number of hydrogen-bond donors (Lipinski definition) is 4. The van der Waals surface area contributed by atoms with Crippen molar-refractivity contribution in [3.63, 3.8) is 0 Å². The molecule has 2 saturated heterocycles. The number of carbonyl (C=O) groups excluding carboxylic acids is 4. The summed E-state index contributed by atoms with van der Waals surface area (Å²) in [5, 5.41) is 5.37. The van der Waals surface area contributed by atoms with E-state index in [4.69, 9.17) is 14.5 Å². The predicted octanol–water partition coefficient (Wildman–Crippen LogP) is 6.99. The average Bonchev–Trinajstić information content (AvgIpc) is 3.98. The van der Waals surface area contributed by atoms with E-state index in [2.05, 4.69) is 86.2 Å². The zero-order valence-electron chi connectivity index (χ0n) is 33.2.